The summed E-state index contributed by atoms with van der Waals surface area (Å²) >= 11 is 0. The van der Waals surface area contributed by atoms with Crippen LogP contribution in [0, 0.1) is 0 Å². The summed E-state index contributed by atoms with van der Waals surface area (Å²) in [6.45, 7) is 0.0300. The van der Waals surface area contributed by atoms with Crippen LogP contribution in [0.4, 0.5) is 0 Å². The van der Waals surface area contributed by atoms with Crippen molar-refractivity contribution in [1.29, 1.82) is 0 Å². The van der Waals surface area contributed by atoms with Gasteiger partial charge in [0.1, 0.15) is 0 Å². The molecule has 156 valence electrons. The lowest BCUT2D eigenvalue weighted by molar-refractivity contribution is 0.327. The predicted octanol–water partition coefficient (Wildman–Crippen LogP) is 3.23. The normalized spacial score (nSPS) is 14.3. The molecule has 0 spiro atoms. The van der Waals surface area contributed by atoms with Gasteiger partial charge in [-0.1, -0.05) is 48.5 Å². The van der Waals surface area contributed by atoms with Gasteiger partial charge in [-0.05, 0) is 52.7 Å². The Balaban J connectivity index is 2.08. The molecule has 0 fully saturated rings. The quantitative estimate of drug-likeness (QED) is 0.591. The van der Waals surface area contributed by atoms with E-state index in [9.17, 15) is 16.8 Å². The van der Waals surface area contributed by atoms with Crippen molar-refractivity contribution in [3.05, 3.63) is 70.8 Å². The Bertz CT molecular complexity index is 1040. The van der Waals surface area contributed by atoms with Gasteiger partial charge in [-0.2, -0.15) is 16.8 Å². The molecule has 8 heteroatoms. The molecule has 0 unspecified atom stereocenters. The van der Waals surface area contributed by atoms with Gasteiger partial charge in [-0.25, -0.2) is 0 Å². The first kappa shape index (κ1) is 21.7. The molecule has 0 N–H and O–H groups in total. The van der Waals surface area contributed by atoms with Gasteiger partial charge in [0, 0.05) is 0 Å². The lowest BCUT2D eigenvalue weighted by atomic mass is 9.91. The maximum atomic E-state index is 11.4. The molecule has 2 aromatic rings. The average molecular weight is 437 g/mol. The molecule has 0 bridgehead atoms. The zero-order chi connectivity index (χ0) is 21.1. The average Bonchev–Trinajstić information content (AvgIpc) is 2.75. The molecule has 0 aliphatic heterocycles. The summed E-state index contributed by atoms with van der Waals surface area (Å²) in [6.07, 6.45) is 3.55. The second-order valence-electron chi connectivity index (χ2n) is 7.00. The Morgan fingerprint density at radius 1 is 0.690 bits per heavy atom. The summed E-state index contributed by atoms with van der Waals surface area (Å²) in [5.74, 6) is 0. The molecule has 0 radical (unpaired) electrons. The zero-order valence-corrected chi connectivity index (χ0v) is 18.1. The Morgan fingerprint density at radius 2 is 1.07 bits per heavy atom. The second kappa shape index (κ2) is 8.79. The molecule has 1 aliphatic rings. The van der Waals surface area contributed by atoms with Crippen molar-refractivity contribution in [2.75, 3.05) is 25.7 Å². The van der Waals surface area contributed by atoms with Crippen LogP contribution in [0.25, 0.3) is 11.1 Å². The molecular formula is C21H24O6S2. The fourth-order valence-corrected chi connectivity index (χ4v) is 4.40. The number of rotatable bonds is 8. The van der Waals surface area contributed by atoms with Crippen LogP contribution >= 0.6 is 0 Å². The molecule has 1 aliphatic carbocycles. The fraction of sp³-hybridized carbons (Fsp3) is 0.333. The molecule has 29 heavy (non-hydrogen) atoms. The molecule has 3 rings (SSSR count). The van der Waals surface area contributed by atoms with E-state index in [2.05, 4.69) is 12.1 Å². The highest BCUT2D eigenvalue weighted by atomic mass is 32.2. The van der Waals surface area contributed by atoms with Gasteiger partial charge in [0.2, 0.25) is 0 Å². The van der Waals surface area contributed by atoms with Gasteiger partial charge in [0.25, 0.3) is 20.2 Å². The van der Waals surface area contributed by atoms with Crippen molar-refractivity contribution >= 4 is 31.4 Å². The van der Waals surface area contributed by atoms with Crippen molar-refractivity contribution < 1.29 is 25.2 Å². The van der Waals surface area contributed by atoms with Crippen LogP contribution in [-0.4, -0.2) is 42.6 Å². The van der Waals surface area contributed by atoms with Gasteiger partial charge in [-0.15, -0.1) is 0 Å². The van der Waals surface area contributed by atoms with E-state index < -0.39 is 20.2 Å². The summed E-state index contributed by atoms with van der Waals surface area (Å²) in [7, 11) is -7.10. The van der Waals surface area contributed by atoms with Gasteiger partial charge in [0.05, 0.1) is 25.7 Å². The minimum atomic E-state index is -3.55. The van der Waals surface area contributed by atoms with Crippen LogP contribution in [0.3, 0.4) is 0 Å². The third-order valence-electron chi connectivity index (χ3n) is 4.73. The summed E-state index contributed by atoms with van der Waals surface area (Å²) < 4.78 is 55.7. The molecule has 0 atom stereocenters. The lowest BCUT2D eigenvalue weighted by Crippen LogP contribution is -2.08. The van der Waals surface area contributed by atoms with Crippen molar-refractivity contribution in [2.24, 2.45) is 0 Å². The molecule has 0 aromatic heterocycles. The molecular weight excluding hydrogens is 412 g/mol. The van der Waals surface area contributed by atoms with E-state index in [1.807, 2.05) is 36.4 Å². The minimum Gasteiger partial charge on any atom is -0.270 e. The standard InChI is InChI=1S/C21H24O6S2/c1-28(22,23)26-13-11-20-18-9-5-3-7-16(18)15-17-8-4-6-10-19(17)21(20)12-14-27-29(2,24)25/h3-10H,11-15H2,1-2H3. The lowest BCUT2D eigenvalue weighted by Gasteiger charge is -2.17. The maximum absolute atomic E-state index is 11.4. The van der Waals surface area contributed by atoms with Gasteiger partial charge >= 0.3 is 0 Å². The van der Waals surface area contributed by atoms with E-state index in [0.29, 0.717) is 12.8 Å². The highest BCUT2D eigenvalue weighted by Gasteiger charge is 2.22. The van der Waals surface area contributed by atoms with Crippen LogP contribution < -0.4 is 0 Å². The molecule has 0 saturated carbocycles. The Hall–Kier alpha value is -2.00. The van der Waals surface area contributed by atoms with Crippen LogP contribution in [0.15, 0.2) is 48.5 Å². The van der Waals surface area contributed by atoms with E-state index >= 15 is 0 Å². The van der Waals surface area contributed by atoms with Crippen LogP contribution in [0.5, 0.6) is 0 Å². The van der Waals surface area contributed by atoms with E-state index in [1.54, 1.807) is 0 Å². The SMILES string of the molecule is CS(=O)(=O)OCCC1=C(CCOS(C)(=O)=O)c2ccccc2Cc2ccccc21. The first-order valence-corrected chi connectivity index (χ1v) is 12.8. The van der Waals surface area contributed by atoms with Crippen molar-refractivity contribution in [3.8, 4) is 0 Å². The second-order valence-corrected chi connectivity index (χ2v) is 10.3. The fourth-order valence-electron chi connectivity index (χ4n) is 3.63. The summed E-state index contributed by atoms with van der Waals surface area (Å²) in [6, 6.07) is 16.0. The van der Waals surface area contributed by atoms with Gasteiger partial charge in [0.15, 0.2) is 0 Å². The number of hydrogen-bond acceptors (Lipinski definition) is 6. The van der Waals surface area contributed by atoms with Crippen LogP contribution in [0.2, 0.25) is 0 Å². The van der Waals surface area contributed by atoms with Crippen molar-refractivity contribution in [1.82, 2.24) is 0 Å². The third-order valence-corrected chi connectivity index (χ3v) is 5.92. The molecule has 2 aromatic carbocycles. The predicted molar refractivity (Wildman–Crippen MR) is 113 cm³/mol. The number of benzene rings is 2. The Kier molecular flexibility index (Phi) is 6.58. The zero-order valence-electron chi connectivity index (χ0n) is 16.4. The number of fused-ring (bicyclic) bond motifs is 2. The summed E-state index contributed by atoms with van der Waals surface area (Å²) in [4.78, 5) is 0. The summed E-state index contributed by atoms with van der Waals surface area (Å²) in [5, 5.41) is 0. The van der Waals surface area contributed by atoms with E-state index in [0.717, 1.165) is 52.3 Å². The van der Waals surface area contributed by atoms with E-state index in [1.165, 1.54) is 0 Å². The van der Waals surface area contributed by atoms with Gasteiger partial charge < -0.3 is 0 Å². The number of hydrogen-bond donors (Lipinski definition) is 0. The molecule has 0 amide bonds. The smallest absolute Gasteiger partial charge is 0.264 e. The first-order valence-electron chi connectivity index (χ1n) is 9.21. The van der Waals surface area contributed by atoms with E-state index in [-0.39, 0.29) is 13.2 Å². The monoisotopic (exact) mass is 436 g/mol. The molecule has 6 nitrogen and oxygen atoms in total. The first-order chi connectivity index (χ1) is 13.6. The molecule has 0 heterocycles. The third kappa shape index (κ3) is 5.99. The Morgan fingerprint density at radius 3 is 1.45 bits per heavy atom. The Labute approximate surface area is 172 Å². The highest BCUT2D eigenvalue weighted by molar-refractivity contribution is 7.86. The van der Waals surface area contributed by atoms with Crippen LogP contribution in [-0.2, 0) is 35.0 Å². The summed E-state index contributed by atoms with van der Waals surface area (Å²) in [5.41, 5.74) is 6.21. The largest absolute Gasteiger partial charge is 0.270 e. The minimum absolute atomic E-state index is 0.0150. The van der Waals surface area contributed by atoms with Crippen molar-refractivity contribution in [2.45, 2.75) is 19.3 Å². The topological polar surface area (TPSA) is 86.7 Å². The van der Waals surface area contributed by atoms with Gasteiger partial charge in [-0.3, -0.25) is 8.37 Å². The van der Waals surface area contributed by atoms with E-state index in [4.69, 9.17) is 8.37 Å². The van der Waals surface area contributed by atoms with Crippen molar-refractivity contribution in [3.63, 3.8) is 0 Å². The maximum Gasteiger partial charge on any atom is 0.264 e. The highest BCUT2D eigenvalue weighted by Crippen LogP contribution is 2.39. The van der Waals surface area contributed by atoms with Crippen LogP contribution in [0.1, 0.15) is 35.1 Å². The molecule has 0 saturated heterocycles.